The van der Waals surface area contributed by atoms with Crippen LogP contribution in [0.15, 0.2) is 121 Å². The van der Waals surface area contributed by atoms with Gasteiger partial charge in [0.15, 0.2) is 0 Å². The Hall–Kier alpha value is -1.60. The molecule has 0 bridgehead atoms. The summed E-state index contributed by atoms with van der Waals surface area (Å²) in [5.41, 5.74) is 1.32. The van der Waals surface area contributed by atoms with Crippen LogP contribution in [0.4, 0.5) is 0 Å². The molecule has 1 aliphatic rings. The predicted molar refractivity (Wildman–Crippen MR) is 150 cm³/mol. The molecule has 5 rings (SSSR count). The quantitative estimate of drug-likeness (QED) is 0.225. The minimum absolute atomic E-state index is 0. The van der Waals surface area contributed by atoms with E-state index in [1.54, 1.807) is 21.2 Å². The van der Waals surface area contributed by atoms with E-state index in [0.29, 0.717) is 11.3 Å². The molecule has 0 aromatic heterocycles. The van der Waals surface area contributed by atoms with Gasteiger partial charge in [-0.2, -0.15) is 0 Å². The Labute approximate surface area is 214 Å². The van der Waals surface area contributed by atoms with Crippen molar-refractivity contribution in [2.24, 2.45) is 0 Å². The van der Waals surface area contributed by atoms with Crippen LogP contribution in [0.3, 0.4) is 0 Å². The fourth-order valence-corrected chi connectivity index (χ4v) is 21.2. The number of hydrogen-bond acceptors (Lipinski definition) is 0. The fraction of sp³-hybridized carbons (Fsp3) is 0.200. The van der Waals surface area contributed by atoms with Crippen LogP contribution in [0.25, 0.3) is 0 Å². The van der Waals surface area contributed by atoms with E-state index in [2.05, 4.69) is 135 Å². The zero-order valence-electron chi connectivity index (χ0n) is 19.4. The first-order valence-electron chi connectivity index (χ1n) is 11.9. The molecule has 0 amide bonds. The molecule has 0 saturated carbocycles. The molecule has 1 heterocycles. The van der Waals surface area contributed by atoms with E-state index in [1.807, 2.05) is 0 Å². The molecule has 1 saturated heterocycles. The summed E-state index contributed by atoms with van der Waals surface area (Å²) in [6, 6.07) is 46.0. The van der Waals surface area contributed by atoms with Crippen LogP contribution in [0.1, 0.15) is 13.8 Å². The Balaban J connectivity index is 0.00000259. The number of rotatable bonds is 4. The van der Waals surface area contributed by atoms with Gasteiger partial charge in [-0.15, -0.1) is 0 Å². The second-order valence-electron chi connectivity index (χ2n) is 9.48. The zero-order chi connectivity index (χ0) is 22.0. The largest absolute Gasteiger partial charge is 0 e. The van der Waals surface area contributed by atoms with Gasteiger partial charge >= 0.3 is 195 Å². The Morgan fingerprint density at radius 3 is 0.848 bits per heavy atom. The smallest absolute Gasteiger partial charge is 0 e. The average molecular weight is 563 g/mol. The first-order chi connectivity index (χ1) is 15.7. The van der Waals surface area contributed by atoms with Gasteiger partial charge in [0.2, 0.25) is 0 Å². The predicted octanol–water partition coefficient (Wildman–Crippen LogP) is 5.58. The van der Waals surface area contributed by atoms with Crippen molar-refractivity contribution in [2.75, 3.05) is 12.3 Å². The summed E-state index contributed by atoms with van der Waals surface area (Å²) in [6.45, 7) is 5.17. The van der Waals surface area contributed by atoms with Crippen molar-refractivity contribution in [2.45, 2.75) is 25.2 Å². The molecule has 4 aromatic carbocycles. The van der Waals surface area contributed by atoms with Crippen molar-refractivity contribution in [1.82, 2.24) is 0 Å². The SMILES string of the molecule is CC1C(C)[PH](c2ccccc2)(c2ccccc2)CC[PH]1(c1ccccc1)c1ccccc1.[Pd]. The molecule has 1 fully saturated rings. The molecule has 0 N–H and O–H groups in total. The van der Waals surface area contributed by atoms with Gasteiger partial charge < -0.3 is 0 Å². The van der Waals surface area contributed by atoms with Crippen molar-refractivity contribution < 1.29 is 20.4 Å². The van der Waals surface area contributed by atoms with Crippen LogP contribution in [0.2, 0.25) is 0 Å². The van der Waals surface area contributed by atoms with E-state index in [9.17, 15) is 0 Å². The zero-order valence-corrected chi connectivity index (χ0v) is 23.0. The second kappa shape index (κ2) is 10.3. The molecule has 0 aliphatic carbocycles. The van der Waals surface area contributed by atoms with Crippen LogP contribution in [0.5, 0.6) is 0 Å². The third kappa shape index (κ3) is 4.09. The molecule has 0 radical (unpaired) electrons. The standard InChI is InChI=1S/C30H34P2.Pd/c1-25-26(2)32(29-19-11-5-12-20-29,30-21-13-6-14-22-30)24-23-31(25,27-15-7-3-8-16-27)28-17-9-4-10-18-28;/h3-22,25-26,31-32H,23-24H2,1-2H3;. The van der Waals surface area contributed by atoms with E-state index >= 15 is 0 Å². The first kappa shape index (κ1) is 24.5. The van der Waals surface area contributed by atoms with Gasteiger partial charge in [-0.05, 0) is 0 Å². The minimum Gasteiger partial charge on any atom is 0 e. The third-order valence-corrected chi connectivity index (χ3v) is 20.8. The average Bonchev–Trinajstić information content (AvgIpc) is 2.88. The van der Waals surface area contributed by atoms with Crippen molar-refractivity contribution >= 4 is 35.7 Å². The van der Waals surface area contributed by atoms with Crippen LogP contribution < -0.4 is 21.2 Å². The second-order valence-corrected chi connectivity index (χ2v) is 18.5. The van der Waals surface area contributed by atoms with E-state index in [0.717, 1.165) is 0 Å². The Bertz CT molecular complexity index is 973. The van der Waals surface area contributed by atoms with Gasteiger partial charge in [0.05, 0.1) is 0 Å². The summed E-state index contributed by atoms with van der Waals surface area (Å²) in [4.78, 5) is 0. The molecule has 33 heavy (non-hydrogen) atoms. The van der Waals surface area contributed by atoms with Crippen LogP contribution in [-0.2, 0) is 20.4 Å². The van der Waals surface area contributed by atoms with Crippen molar-refractivity contribution in [3.05, 3.63) is 121 Å². The van der Waals surface area contributed by atoms with Gasteiger partial charge in [0.25, 0.3) is 0 Å². The van der Waals surface area contributed by atoms with E-state index in [-0.39, 0.29) is 20.4 Å². The van der Waals surface area contributed by atoms with Crippen molar-refractivity contribution in [1.29, 1.82) is 0 Å². The summed E-state index contributed by atoms with van der Waals surface area (Å²) < 4.78 is 0. The van der Waals surface area contributed by atoms with E-state index < -0.39 is 14.5 Å². The Morgan fingerprint density at radius 2 is 0.636 bits per heavy atom. The van der Waals surface area contributed by atoms with Gasteiger partial charge in [-0.3, -0.25) is 0 Å². The summed E-state index contributed by atoms with van der Waals surface area (Å²) in [6.07, 6.45) is 2.64. The van der Waals surface area contributed by atoms with Crippen LogP contribution in [-0.4, -0.2) is 23.6 Å². The van der Waals surface area contributed by atoms with E-state index in [1.165, 1.54) is 12.3 Å². The van der Waals surface area contributed by atoms with Crippen LogP contribution in [0, 0.1) is 0 Å². The van der Waals surface area contributed by atoms with Gasteiger partial charge in [-0.25, -0.2) is 0 Å². The van der Waals surface area contributed by atoms with Gasteiger partial charge in [0.1, 0.15) is 0 Å². The third-order valence-electron chi connectivity index (χ3n) is 8.37. The van der Waals surface area contributed by atoms with Gasteiger partial charge in [0, 0.05) is 20.4 Å². The number of benzene rings is 4. The van der Waals surface area contributed by atoms with E-state index in [4.69, 9.17) is 0 Å². The molecule has 0 nitrogen and oxygen atoms in total. The molecular formula is C30H34P2Pd. The number of hydrogen-bond donors (Lipinski definition) is 0. The summed E-state index contributed by atoms with van der Waals surface area (Å²) >= 11 is 0. The van der Waals surface area contributed by atoms with Gasteiger partial charge in [-0.1, -0.05) is 0 Å². The normalized spacial score (nSPS) is 23.0. The topological polar surface area (TPSA) is 0 Å². The Kier molecular flexibility index (Phi) is 7.69. The summed E-state index contributed by atoms with van der Waals surface area (Å²) in [7, 11) is -3.84. The molecular weight excluding hydrogens is 529 g/mol. The molecule has 4 aromatic rings. The monoisotopic (exact) mass is 562 g/mol. The molecule has 3 heteroatoms. The van der Waals surface area contributed by atoms with Crippen LogP contribution >= 0.6 is 14.5 Å². The van der Waals surface area contributed by atoms with Crippen molar-refractivity contribution in [3.8, 4) is 0 Å². The Morgan fingerprint density at radius 1 is 0.424 bits per heavy atom. The maximum absolute atomic E-state index is 2.59. The first-order valence-corrected chi connectivity index (χ1v) is 16.5. The van der Waals surface area contributed by atoms with Crippen molar-refractivity contribution in [3.63, 3.8) is 0 Å². The maximum atomic E-state index is 2.59. The summed E-state index contributed by atoms with van der Waals surface area (Å²) in [5, 5.41) is 6.42. The molecule has 0 spiro atoms. The molecule has 174 valence electrons. The molecule has 2 atom stereocenters. The minimum atomic E-state index is -1.92. The summed E-state index contributed by atoms with van der Waals surface area (Å²) in [5.74, 6) is 0. The molecule has 1 aliphatic heterocycles. The maximum Gasteiger partial charge on any atom is 0 e. The molecule has 2 unspecified atom stereocenters. The fourth-order valence-electron chi connectivity index (χ4n) is 6.61.